The van der Waals surface area contributed by atoms with Crippen molar-refractivity contribution in [3.63, 3.8) is 0 Å². The average molecular weight is 350 g/mol. The summed E-state index contributed by atoms with van der Waals surface area (Å²) >= 11 is 0. The maximum absolute atomic E-state index is 8.35. The van der Waals surface area contributed by atoms with Gasteiger partial charge >= 0.3 is 0 Å². The fourth-order valence-electron chi connectivity index (χ4n) is 2.99. The zero-order chi connectivity index (χ0) is 19.4. The second-order valence-corrected chi connectivity index (χ2v) is 6.88. The number of hydrogen-bond acceptors (Lipinski definition) is 1. The predicted octanol–water partition coefficient (Wildman–Crippen LogP) is 7.73. The molecule has 0 bridgehead atoms. The van der Waals surface area contributed by atoms with Crippen LogP contribution in [0.15, 0.2) is 49.0 Å². The van der Waals surface area contributed by atoms with Crippen molar-refractivity contribution >= 4 is 11.8 Å². The van der Waals surface area contributed by atoms with Crippen LogP contribution in [0, 0.1) is 19.3 Å². The number of benzene rings is 2. The molecule has 0 fully saturated rings. The van der Waals surface area contributed by atoms with E-state index in [1.165, 1.54) is 38.5 Å². The van der Waals surface area contributed by atoms with Gasteiger partial charge in [0.15, 0.2) is 0 Å². The molecule has 0 saturated heterocycles. The highest BCUT2D eigenvalue weighted by Gasteiger charge is 2.10. The Kier molecular flexibility index (Phi) is 10.3. The number of rotatable bonds is 8. The highest BCUT2D eigenvalue weighted by molar-refractivity contribution is 6.12. The van der Waals surface area contributed by atoms with E-state index in [2.05, 4.69) is 46.4 Å². The van der Waals surface area contributed by atoms with Crippen molar-refractivity contribution in [1.82, 2.24) is 0 Å². The SMILES string of the molecule is C=Cc1ccc(C(=N)c2c(C)cccc2C)cc1.CCCCCCCC. The molecule has 0 aliphatic carbocycles. The summed E-state index contributed by atoms with van der Waals surface area (Å²) in [5.74, 6) is 0. The summed E-state index contributed by atoms with van der Waals surface area (Å²) in [6, 6.07) is 14.1. The molecule has 0 spiro atoms. The lowest BCUT2D eigenvalue weighted by atomic mass is 9.94. The van der Waals surface area contributed by atoms with Crippen LogP contribution in [0.3, 0.4) is 0 Å². The molecule has 0 aliphatic rings. The molecule has 0 aliphatic heterocycles. The minimum atomic E-state index is 0.584. The van der Waals surface area contributed by atoms with Gasteiger partial charge in [-0.25, -0.2) is 0 Å². The molecule has 1 nitrogen and oxygen atoms in total. The van der Waals surface area contributed by atoms with Crippen LogP contribution in [0.5, 0.6) is 0 Å². The summed E-state index contributed by atoms with van der Waals surface area (Å²) in [6.45, 7) is 12.4. The van der Waals surface area contributed by atoms with Gasteiger partial charge in [0.05, 0.1) is 5.71 Å². The number of hydrogen-bond donors (Lipinski definition) is 1. The van der Waals surface area contributed by atoms with Crippen molar-refractivity contribution in [3.05, 3.63) is 76.9 Å². The van der Waals surface area contributed by atoms with E-state index in [-0.39, 0.29) is 0 Å². The Hall–Kier alpha value is -2.15. The smallest absolute Gasteiger partial charge is 0.0689 e. The van der Waals surface area contributed by atoms with E-state index in [1.807, 2.05) is 36.4 Å². The first kappa shape index (κ1) is 21.9. The van der Waals surface area contributed by atoms with E-state index in [9.17, 15) is 0 Å². The topological polar surface area (TPSA) is 23.9 Å². The average Bonchev–Trinajstić information content (AvgIpc) is 2.66. The van der Waals surface area contributed by atoms with E-state index in [0.29, 0.717) is 5.71 Å². The fourth-order valence-corrected chi connectivity index (χ4v) is 2.99. The zero-order valence-corrected chi connectivity index (χ0v) is 17.1. The van der Waals surface area contributed by atoms with Gasteiger partial charge in [-0.2, -0.15) is 0 Å². The van der Waals surface area contributed by atoms with Gasteiger partial charge in [-0.05, 0) is 30.5 Å². The number of unbranched alkanes of at least 4 members (excludes halogenated alkanes) is 5. The van der Waals surface area contributed by atoms with Crippen LogP contribution in [-0.2, 0) is 0 Å². The van der Waals surface area contributed by atoms with Crippen molar-refractivity contribution in [1.29, 1.82) is 5.41 Å². The van der Waals surface area contributed by atoms with Gasteiger partial charge in [-0.1, -0.05) is 107 Å². The first-order chi connectivity index (χ1) is 12.5. The van der Waals surface area contributed by atoms with Crippen LogP contribution in [-0.4, -0.2) is 5.71 Å². The van der Waals surface area contributed by atoms with Crippen LogP contribution in [0.1, 0.15) is 80.2 Å². The van der Waals surface area contributed by atoms with E-state index in [4.69, 9.17) is 5.41 Å². The minimum Gasteiger partial charge on any atom is -0.300 e. The summed E-state index contributed by atoms with van der Waals surface area (Å²) in [7, 11) is 0. The molecule has 0 radical (unpaired) electrons. The zero-order valence-electron chi connectivity index (χ0n) is 17.1. The normalized spacial score (nSPS) is 10.0. The molecule has 1 heteroatoms. The van der Waals surface area contributed by atoms with Gasteiger partial charge in [0.25, 0.3) is 0 Å². The maximum atomic E-state index is 8.35. The minimum absolute atomic E-state index is 0.584. The molecular formula is C25H35N. The Morgan fingerprint density at radius 3 is 1.77 bits per heavy atom. The monoisotopic (exact) mass is 349 g/mol. The van der Waals surface area contributed by atoms with Gasteiger partial charge in [0.1, 0.15) is 0 Å². The standard InChI is InChI=1S/C17H17N.C8H18/c1-4-14-8-10-15(11-9-14)17(18)16-12(2)6-5-7-13(16)3;1-3-5-7-8-6-4-2/h4-11,18H,1H2,2-3H3;3-8H2,1-2H3. The third kappa shape index (κ3) is 7.00. The molecule has 0 aromatic heterocycles. The Morgan fingerprint density at radius 2 is 1.35 bits per heavy atom. The molecule has 2 aromatic carbocycles. The van der Waals surface area contributed by atoms with Crippen molar-refractivity contribution in [2.75, 3.05) is 0 Å². The van der Waals surface area contributed by atoms with Crippen molar-refractivity contribution in [2.24, 2.45) is 0 Å². The molecule has 0 unspecified atom stereocenters. The Balaban J connectivity index is 0.000000359. The first-order valence-corrected chi connectivity index (χ1v) is 9.93. The van der Waals surface area contributed by atoms with Gasteiger partial charge in [-0.3, -0.25) is 5.41 Å². The second kappa shape index (κ2) is 12.2. The molecule has 0 atom stereocenters. The highest BCUT2D eigenvalue weighted by atomic mass is 14.4. The van der Waals surface area contributed by atoms with E-state index >= 15 is 0 Å². The highest BCUT2D eigenvalue weighted by Crippen LogP contribution is 2.18. The lowest BCUT2D eigenvalue weighted by molar-refractivity contribution is 0.624. The van der Waals surface area contributed by atoms with Crippen molar-refractivity contribution < 1.29 is 0 Å². The lowest BCUT2D eigenvalue weighted by Gasteiger charge is -2.11. The molecule has 0 saturated carbocycles. The van der Waals surface area contributed by atoms with E-state index < -0.39 is 0 Å². The van der Waals surface area contributed by atoms with E-state index in [1.54, 1.807) is 0 Å². The fraction of sp³-hybridized carbons (Fsp3) is 0.400. The molecule has 1 N–H and O–H groups in total. The molecule has 2 aromatic rings. The van der Waals surface area contributed by atoms with Crippen LogP contribution in [0.4, 0.5) is 0 Å². The van der Waals surface area contributed by atoms with Crippen LogP contribution in [0.2, 0.25) is 0 Å². The second-order valence-electron chi connectivity index (χ2n) is 6.88. The van der Waals surface area contributed by atoms with Gasteiger partial charge in [0, 0.05) is 11.1 Å². The maximum Gasteiger partial charge on any atom is 0.0689 e. The van der Waals surface area contributed by atoms with Crippen LogP contribution >= 0.6 is 0 Å². The largest absolute Gasteiger partial charge is 0.300 e. The summed E-state index contributed by atoms with van der Waals surface area (Å²) in [4.78, 5) is 0. The third-order valence-corrected chi connectivity index (χ3v) is 4.62. The molecular weight excluding hydrogens is 314 g/mol. The number of nitrogens with one attached hydrogen (secondary N) is 1. The summed E-state index contributed by atoms with van der Waals surface area (Å²) in [5.41, 5.74) is 5.93. The number of aryl methyl sites for hydroxylation is 2. The Bertz CT molecular complexity index is 654. The Morgan fingerprint density at radius 1 is 0.846 bits per heavy atom. The first-order valence-electron chi connectivity index (χ1n) is 9.93. The van der Waals surface area contributed by atoms with E-state index in [0.717, 1.165) is 27.8 Å². The Labute approximate surface area is 160 Å². The summed E-state index contributed by atoms with van der Waals surface area (Å²) in [6.07, 6.45) is 10.3. The molecule has 26 heavy (non-hydrogen) atoms. The summed E-state index contributed by atoms with van der Waals surface area (Å²) in [5, 5.41) is 8.35. The molecule has 2 rings (SSSR count). The predicted molar refractivity (Wildman–Crippen MR) is 117 cm³/mol. The van der Waals surface area contributed by atoms with Crippen molar-refractivity contribution in [2.45, 2.75) is 66.2 Å². The quantitative estimate of drug-likeness (QED) is 0.372. The van der Waals surface area contributed by atoms with Gasteiger partial charge in [-0.15, -0.1) is 0 Å². The lowest BCUT2D eigenvalue weighted by Crippen LogP contribution is -2.06. The summed E-state index contributed by atoms with van der Waals surface area (Å²) < 4.78 is 0. The van der Waals surface area contributed by atoms with Gasteiger partial charge in [0.2, 0.25) is 0 Å². The third-order valence-electron chi connectivity index (χ3n) is 4.62. The molecule has 0 amide bonds. The van der Waals surface area contributed by atoms with Crippen molar-refractivity contribution in [3.8, 4) is 0 Å². The van der Waals surface area contributed by atoms with Gasteiger partial charge < -0.3 is 0 Å². The molecule has 0 heterocycles. The molecule has 140 valence electrons. The van der Waals surface area contributed by atoms with Crippen LogP contribution < -0.4 is 0 Å². The van der Waals surface area contributed by atoms with Crippen LogP contribution in [0.25, 0.3) is 6.08 Å².